The Labute approximate surface area is 41.6 Å². The largest absolute Gasteiger partial charge is 0.575 e. The van der Waals surface area contributed by atoms with E-state index in [4.69, 9.17) is 4.57 Å². The van der Waals surface area contributed by atoms with Crippen LogP contribution in [0.4, 0.5) is 0 Å². The molecule has 0 heterocycles. The molecule has 0 fully saturated rings. The van der Waals surface area contributed by atoms with Gasteiger partial charge >= 0.3 is 6.51 Å². The van der Waals surface area contributed by atoms with Crippen molar-refractivity contribution in [3.8, 4) is 0 Å². The molecule has 0 atom stereocenters. The Balaban J connectivity index is 0. The first-order chi connectivity index (χ1) is 1.73. The Morgan fingerprint density at radius 2 is 1.40 bits per heavy atom. The average Bonchev–Trinajstić information content (AvgIpc) is 0.811. The van der Waals surface area contributed by atoms with E-state index in [-0.39, 0.29) is 7.43 Å². The molecule has 4 heteroatoms. The Hall–Kier alpha value is 0.680. The van der Waals surface area contributed by atoms with Gasteiger partial charge in [-0.05, 0) is 4.57 Å². The van der Waals surface area contributed by atoms with Crippen LogP contribution < -0.4 is 0 Å². The summed E-state index contributed by atoms with van der Waals surface area (Å²) in [5, 5.41) is 0. The van der Waals surface area contributed by atoms with Gasteiger partial charge in [0.2, 0.25) is 22.5 Å². The van der Waals surface area contributed by atoms with Crippen molar-refractivity contribution in [1.82, 2.24) is 0 Å². The van der Waals surface area contributed by atoms with E-state index in [0.29, 0.717) is 0 Å². The van der Waals surface area contributed by atoms with Gasteiger partial charge in [-0.2, -0.15) is 0 Å². The molecule has 0 bridgehead atoms. The lowest BCUT2D eigenvalue weighted by molar-refractivity contribution is 0.602. The molecule has 32 valence electrons. The molecule has 0 radical (unpaired) electrons. The number of halogens is 2. The molecule has 1 nitrogen and oxygen atoms in total. The summed E-state index contributed by atoms with van der Waals surface area (Å²) in [5.41, 5.74) is 0. The maximum absolute atomic E-state index is 9.12. The van der Waals surface area contributed by atoms with Crippen LogP contribution in [-0.4, -0.2) is 0 Å². The van der Waals surface area contributed by atoms with Crippen LogP contribution >= 0.6 is 29.0 Å². The Bertz CT molecular complexity index is 32.6. The van der Waals surface area contributed by atoms with Gasteiger partial charge in [0.05, 0.1) is 0 Å². The van der Waals surface area contributed by atoms with Crippen molar-refractivity contribution < 1.29 is 4.57 Å². The highest BCUT2D eigenvalue weighted by atomic mass is 35.9. The lowest BCUT2D eigenvalue weighted by Crippen LogP contribution is -0.953. The molecular formula is CH4Cl2OP+. The third-order valence-electron chi connectivity index (χ3n) is 0. The highest BCUT2D eigenvalue weighted by Gasteiger charge is 1.97. The minimum atomic E-state index is -1.93. The molecule has 0 saturated heterocycles. The summed E-state index contributed by atoms with van der Waals surface area (Å²) < 4.78 is 9.12. The predicted octanol–water partition coefficient (Wildman–Crippen LogP) is 2.76. The van der Waals surface area contributed by atoms with Crippen LogP contribution in [-0.2, 0) is 4.57 Å². The van der Waals surface area contributed by atoms with E-state index in [1.807, 2.05) is 0 Å². The zero-order valence-corrected chi connectivity index (χ0v) is 4.02. The summed E-state index contributed by atoms with van der Waals surface area (Å²) in [4.78, 5) is 0. The van der Waals surface area contributed by atoms with Crippen molar-refractivity contribution in [1.29, 1.82) is 0 Å². The molecule has 0 aromatic heterocycles. The van der Waals surface area contributed by atoms with E-state index < -0.39 is 6.51 Å². The zero-order chi connectivity index (χ0) is 3.58. The smallest absolute Gasteiger partial charge is 0.0776 e. The van der Waals surface area contributed by atoms with Gasteiger partial charge in [0.25, 0.3) is 0 Å². The van der Waals surface area contributed by atoms with Gasteiger partial charge < -0.3 is 0 Å². The average molecular weight is 134 g/mol. The summed E-state index contributed by atoms with van der Waals surface area (Å²) in [5.74, 6) is 0. The highest BCUT2D eigenvalue weighted by molar-refractivity contribution is 7.95. The molecule has 5 heavy (non-hydrogen) atoms. The fourth-order valence-corrected chi connectivity index (χ4v) is 0. The van der Waals surface area contributed by atoms with Crippen LogP contribution in [0.25, 0.3) is 0 Å². The van der Waals surface area contributed by atoms with Gasteiger partial charge in [0.15, 0.2) is 0 Å². The molecule has 0 unspecified atom stereocenters. The highest BCUT2D eigenvalue weighted by Crippen LogP contribution is 2.31. The minimum absolute atomic E-state index is 0. The Kier molecular flexibility index (Phi) is 8.60. The van der Waals surface area contributed by atoms with Gasteiger partial charge in [-0.15, -0.1) is 0 Å². The van der Waals surface area contributed by atoms with E-state index in [2.05, 4.69) is 22.5 Å². The minimum Gasteiger partial charge on any atom is -0.0776 e. The van der Waals surface area contributed by atoms with Crippen molar-refractivity contribution in [2.45, 2.75) is 7.43 Å². The van der Waals surface area contributed by atoms with Crippen LogP contribution in [0.3, 0.4) is 0 Å². The predicted molar refractivity (Wildman–Crippen MR) is 26.0 cm³/mol. The maximum atomic E-state index is 9.12. The fraction of sp³-hybridized carbons (Fsp3) is 1.00. The Morgan fingerprint density at radius 1 is 1.40 bits per heavy atom. The maximum Gasteiger partial charge on any atom is 0.575 e. The summed E-state index contributed by atoms with van der Waals surface area (Å²) in [6.45, 7) is -1.93. The van der Waals surface area contributed by atoms with E-state index in [1.165, 1.54) is 0 Å². The molecule has 0 amide bonds. The summed E-state index contributed by atoms with van der Waals surface area (Å²) >= 11 is 9.10. The summed E-state index contributed by atoms with van der Waals surface area (Å²) in [6, 6.07) is 0. The lowest BCUT2D eigenvalue weighted by Gasteiger charge is -1.22. The van der Waals surface area contributed by atoms with Crippen molar-refractivity contribution in [2.75, 3.05) is 0 Å². The van der Waals surface area contributed by atoms with E-state index in [0.717, 1.165) is 0 Å². The van der Waals surface area contributed by atoms with E-state index in [9.17, 15) is 0 Å². The Morgan fingerprint density at radius 3 is 1.40 bits per heavy atom. The van der Waals surface area contributed by atoms with Crippen LogP contribution in [0.5, 0.6) is 0 Å². The molecule has 0 saturated carbocycles. The first kappa shape index (κ1) is 9.19. The fourth-order valence-electron chi connectivity index (χ4n) is 0. The quantitative estimate of drug-likeness (QED) is 0.465. The summed E-state index contributed by atoms with van der Waals surface area (Å²) in [7, 11) is 0. The normalized spacial score (nSPS) is 5.20. The molecular weight excluding hydrogens is 130 g/mol. The van der Waals surface area contributed by atoms with Gasteiger partial charge in [-0.3, -0.25) is 0 Å². The standard InChI is InChI=1S/CH4.Cl2OP/c;1-4(2)3/h1H4;/q;+1. The van der Waals surface area contributed by atoms with Crippen molar-refractivity contribution in [3.63, 3.8) is 0 Å². The third-order valence-corrected chi connectivity index (χ3v) is 0. The van der Waals surface area contributed by atoms with Gasteiger partial charge in [-0.25, -0.2) is 0 Å². The molecule has 0 rings (SSSR count). The van der Waals surface area contributed by atoms with Gasteiger partial charge in [0.1, 0.15) is 0 Å². The first-order valence-electron chi connectivity index (χ1n) is 0.521. The third kappa shape index (κ3) is 72.7. The molecule has 0 aromatic carbocycles. The zero-order valence-electron chi connectivity index (χ0n) is 1.61. The second-order valence-electron chi connectivity index (χ2n) is 0.202. The van der Waals surface area contributed by atoms with Crippen LogP contribution in [0, 0.1) is 0 Å². The number of hydrogen-bond acceptors (Lipinski definition) is 1. The van der Waals surface area contributed by atoms with Crippen LogP contribution in [0.15, 0.2) is 0 Å². The van der Waals surface area contributed by atoms with Gasteiger partial charge in [-0.1, -0.05) is 7.43 Å². The van der Waals surface area contributed by atoms with Crippen LogP contribution in [0.2, 0.25) is 0 Å². The molecule has 0 aromatic rings. The van der Waals surface area contributed by atoms with Crippen molar-refractivity contribution >= 4 is 29.0 Å². The second kappa shape index (κ2) is 4.68. The van der Waals surface area contributed by atoms with Crippen LogP contribution in [0.1, 0.15) is 7.43 Å². The van der Waals surface area contributed by atoms with Gasteiger partial charge in [0, 0.05) is 0 Å². The molecule has 0 aliphatic rings. The van der Waals surface area contributed by atoms with E-state index in [1.54, 1.807) is 0 Å². The van der Waals surface area contributed by atoms with Crippen molar-refractivity contribution in [2.24, 2.45) is 0 Å². The monoisotopic (exact) mass is 133 g/mol. The molecule has 0 N–H and O–H groups in total. The molecule has 0 spiro atoms. The number of rotatable bonds is 0. The summed E-state index contributed by atoms with van der Waals surface area (Å²) in [6.07, 6.45) is 0. The van der Waals surface area contributed by atoms with Crippen molar-refractivity contribution in [3.05, 3.63) is 0 Å². The van der Waals surface area contributed by atoms with E-state index >= 15 is 0 Å². The number of hydrogen-bond donors (Lipinski definition) is 0. The first-order valence-corrected chi connectivity index (χ1v) is 3.59. The topological polar surface area (TPSA) is 17.1 Å². The lowest BCUT2D eigenvalue weighted by atomic mass is 12.0. The molecule has 0 aliphatic carbocycles. The second-order valence-corrected chi connectivity index (χ2v) is 2.97. The molecule has 0 aliphatic heterocycles. The SMILES string of the molecule is C.O=[P+](Cl)Cl.